The molecule has 0 saturated heterocycles. The maximum absolute atomic E-state index is 9.84. The van der Waals surface area contributed by atoms with Crippen molar-refractivity contribution in [3.63, 3.8) is 0 Å². The summed E-state index contributed by atoms with van der Waals surface area (Å²) in [5.41, 5.74) is 3.06. The second-order valence-electron chi connectivity index (χ2n) is 4.66. The first-order chi connectivity index (χ1) is 9.10. The van der Waals surface area contributed by atoms with Crippen LogP contribution in [0.3, 0.4) is 0 Å². The summed E-state index contributed by atoms with van der Waals surface area (Å²) in [4.78, 5) is 0. The van der Waals surface area contributed by atoms with Crippen molar-refractivity contribution in [2.45, 2.75) is 26.3 Å². The lowest BCUT2D eigenvalue weighted by molar-refractivity contribution is 0.444. The molecule has 1 unspecified atom stereocenters. The van der Waals surface area contributed by atoms with E-state index in [-0.39, 0.29) is 17.5 Å². The smallest absolute Gasteiger partial charge is 0.124 e. The van der Waals surface area contributed by atoms with E-state index in [0.717, 1.165) is 17.7 Å². The molecule has 1 atom stereocenters. The van der Waals surface area contributed by atoms with Crippen LogP contribution in [0.5, 0.6) is 11.5 Å². The predicted octanol–water partition coefficient (Wildman–Crippen LogP) is 3.83. The van der Waals surface area contributed by atoms with Crippen LogP contribution in [0.15, 0.2) is 42.5 Å². The van der Waals surface area contributed by atoms with Gasteiger partial charge in [-0.25, -0.2) is 0 Å². The van der Waals surface area contributed by atoms with Crippen molar-refractivity contribution in [3.05, 3.63) is 53.6 Å². The molecule has 0 aliphatic carbocycles. The number of aromatic hydroxyl groups is 2. The van der Waals surface area contributed by atoms with Crippen LogP contribution in [0, 0.1) is 0 Å². The van der Waals surface area contributed by atoms with Crippen molar-refractivity contribution < 1.29 is 10.2 Å². The molecule has 0 spiro atoms. The molecule has 0 fully saturated rings. The molecule has 3 N–H and O–H groups in total. The van der Waals surface area contributed by atoms with E-state index < -0.39 is 0 Å². The topological polar surface area (TPSA) is 52.5 Å². The van der Waals surface area contributed by atoms with Gasteiger partial charge in [-0.05, 0) is 43.2 Å². The lowest BCUT2D eigenvalue weighted by Crippen LogP contribution is -2.06. The summed E-state index contributed by atoms with van der Waals surface area (Å²) in [6.45, 7) is 4.10. The molecule has 0 aliphatic heterocycles. The normalized spacial score (nSPS) is 12.1. The van der Waals surface area contributed by atoms with E-state index in [1.165, 1.54) is 11.6 Å². The fraction of sp³-hybridized carbons (Fsp3) is 0.250. The minimum absolute atomic E-state index is 0.0345. The molecule has 0 heterocycles. The standard InChI is InChI=1S/C16H19NO2/c1-3-12-5-4-6-13(9-12)17-11(2)15-8-7-14(18)10-16(15)19/h4-11,17-19H,3H2,1-2H3. The zero-order valence-electron chi connectivity index (χ0n) is 11.2. The van der Waals surface area contributed by atoms with Gasteiger partial charge in [-0.3, -0.25) is 0 Å². The number of nitrogens with one attached hydrogen (secondary N) is 1. The van der Waals surface area contributed by atoms with E-state index >= 15 is 0 Å². The quantitative estimate of drug-likeness (QED) is 0.780. The fourth-order valence-corrected chi connectivity index (χ4v) is 2.11. The van der Waals surface area contributed by atoms with Gasteiger partial charge in [0.2, 0.25) is 0 Å². The average molecular weight is 257 g/mol. The zero-order chi connectivity index (χ0) is 13.8. The molecule has 0 aliphatic rings. The second kappa shape index (κ2) is 5.65. The van der Waals surface area contributed by atoms with E-state index in [9.17, 15) is 10.2 Å². The summed E-state index contributed by atoms with van der Waals surface area (Å²) in [7, 11) is 0. The van der Waals surface area contributed by atoms with Crippen LogP contribution in [0.25, 0.3) is 0 Å². The van der Waals surface area contributed by atoms with Gasteiger partial charge in [0.15, 0.2) is 0 Å². The Hall–Kier alpha value is -2.16. The van der Waals surface area contributed by atoms with Gasteiger partial charge in [-0.2, -0.15) is 0 Å². The van der Waals surface area contributed by atoms with Crippen molar-refractivity contribution in [2.24, 2.45) is 0 Å². The van der Waals surface area contributed by atoms with Gasteiger partial charge >= 0.3 is 0 Å². The van der Waals surface area contributed by atoms with Crippen LogP contribution in [-0.2, 0) is 6.42 Å². The van der Waals surface area contributed by atoms with Gasteiger partial charge in [-0.1, -0.05) is 19.1 Å². The Labute approximate surface area is 113 Å². The van der Waals surface area contributed by atoms with Crippen molar-refractivity contribution in [3.8, 4) is 11.5 Å². The minimum Gasteiger partial charge on any atom is -0.508 e. The Morgan fingerprint density at radius 2 is 1.89 bits per heavy atom. The monoisotopic (exact) mass is 257 g/mol. The number of hydrogen-bond donors (Lipinski definition) is 3. The van der Waals surface area contributed by atoms with Crippen LogP contribution in [0.4, 0.5) is 5.69 Å². The Kier molecular flexibility index (Phi) is 3.95. The van der Waals surface area contributed by atoms with Gasteiger partial charge in [-0.15, -0.1) is 0 Å². The first-order valence-corrected chi connectivity index (χ1v) is 6.47. The molecule has 0 bridgehead atoms. The first-order valence-electron chi connectivity index (χ1n) is 6.47. The van der Waals surface area contributed by atoms with Crippen LogP contribution >= 0.6 is 0 Å². The summed E-state index contributed by atoms with van der Waals surface area (Å²) >= 11 is 0. The summed E-state index contributed by atoms with van der Waals surface area (Å²) in [6.07, 6.45) is 0.994. The highest BCUT2D eigenvalue weighted by atomic mass is 16.3. The molecule has 2 rings (SSSR count). The van der Waals surface area contributed by atoms with Crippen molar-refractivity contribution in [1.82, 2.24) is 0 Å². The summed E-state index contributed by atoms with van der Waals surface area (Å²) in [5, 5.41) is 22.5. The fourth-order valence-electron chi connectivity index (χ4n) is 2.11. The van der Waals surface area contributed by atoms with Gasteiger partial charge < -0.3 is 15.5 Å². The number of benzene rings is 2. The number of hydrogen-bond acceptors (Lipinski definition) is 3. The number of aryl methyl sites for hydroxylation is 1. The summed E-state index contributed by atoms with van der Waals surface area (Å²) < 4.78 is 0. The second-order valence-corrected chi connectivity index (χ2v) is 4.66. The zero-order valence-corrected chi connectivity index (χ0v) is 11.2. The van der Waals surface area contributed by atoms with E-state index in [1.54, 1.807) is 12.1 Å². The van der Waals surface area contributed by atoms with E-state index in [1.807, 2.05) is 19.1 Å². The number of anilines is 1. The highest BCUT2D eigenvalue weighted by Crippen LogP contribution is 2.30. The lowest BCUT2D eigenvalue weighted by atomic mass is 10.1. The van der Waals surface area contributed by atoms with Crippen molar-refractivity contribution in [1.29, 1.82) is 0 Å². The third-order valence-electron chi connectivity index (χ3n) is 3.20. The lowest BCUT2D eigenvalue weighted by Gasteiger charge is -2.17. The number of rotatable bonds is 4. The van der Waals surface area contributed by atoms with E-state index in [0.29, 0.717) is 0 Å². The van der Waals surface area contributed by atoms with Gasteiger partial charge in [0.1, 0.15) is 11.5 Å². The third kappa shape index (κ3) is 3.19. The Bertz CT molecular complexity index is 566. The highest BCUT2D eigenvalue weighted by molar-refractivity contribution is 5.50. The van der Waals surface area contributed by atoms with Crippen LogP contribution in [0.1, 0.15) is 31.0 Å². The summed E-state index contributed by atoms with van der Waals surface area (Å²) in [6, 6.07) is 12.9. The van der Waals surface area contributed by atoms with E-state index in [4.69, 9.17) is 0 Å². The first kappa shape index (κ1) is 13.3. The molecule has 2 aromatic carbocycles. The average Bonchev–Trinajstić information content (AvgIpc) is 2.38. The van der Waals surface area contributed by atoms with Gasteiger partial charge in [0.05, 0.1) is 6.04 Å². The minimum atomic E-state index is -0.0345. The van der Waals surface area contributed by atoms with Crippen LogP contribution in [-0.4, -0.2) is 10.2 Å². The third-order valence-corrected chi connectivity index (χ3v) is 3.20. The van der Waals surface area contributed by atoms with Crippen LogP contribution < -0.4 is 5.32 Å². The maximum Gasteiger partial charge on any atom is 0.124 e. The predicted molar refractivity (Wildman–Crippen MR) is 77.6 cm³/mol. The largest absolute Gasteiger partial charge is 0.508 e. The molecule has 0 saturated carbocycles. The highest BCUT2D eigenvalue weighted by Gasteiger charge is 2.10. The molecule has 0 aromatic heterocycles. The molecular formula is C16H19NO2. The summed E-state index contributed by atoms with van der Waals surface area (Å²) in [5.74, 6) is 0.174. The molecule has 0 amide bonds. The molecule has 19 heavy (non-hydrogen) atoms. The molecule has 2 aromatic rings. The van der Waals surface area contributed by atoms with E-state index in [2.05, 4.69) is 24.4 Å². The van der Waals surface area contributed by atoms with Crippen molar-refractivity contribution >= 4 is 5.69 Å². The number of phenols is 2. The molecular weight excluding hydrogens is 238 g/mol. The molecule has 3 heteroatoms. The maximum atomic E-state index is 9.84. The van der Waals surface area contributed by atoms with Gasteiger partial charge in [0, 0.05) is 17.3 Å². The molecule has 100 valence electrons. The van der Waals surface area contributed by atoms with Crippen molar-refractivity contribution in [2.75, 3.05) is 5.32 Å². The van der Waals surface area contributed by atoms with Crippen LogP contribution in [0.2, 0.25) is 0 Å². The Morgan fingerprint density at radius 3 is 2.58 bits per heavy atom. The Morgan fingerprint density at radius 1 is 1.11 bits per heavy atom. The SMILES string of the molecule is CCc1cccc(NC(C)c2ccc(O)cc2O)c1. The number of phenolic OH excluding ortho intramolecular Hbond substituents is 2. The molecule has 3 nitrogen and oxygen atoms in total. The molecule has 0 radical (unpaired) electrons. The van der Waals surface area contributed by atoms with Gasteiger partial charge in [0.25, 0.3) is 0 Å². The Balaban J connectivity index is 2.17.